The number of para-hydroxylation sites is 1. The quantitative estimate of drug-likeness (QED) is 0.368. The maximum atomic E-state index is 13.8. The maximum Gasteiger partial charge on any atom is 0.260 e. The van der Waals surface area contributed by atoms with Crippen LogP contribution < -0.4 is 4.90 Å². The lowest BCUT2D eigenvalue weighted by Gasteiger charge is -2.27. The number of aryl methyl sites for hydroxylation is 1. The molecule has 0 bridgehead atoms. The van der Waals surface area contributed by atoms with Gasteiger partial charge in [0.2, 0.25) is 10.0 Å². The fourth-order valence-electron chi connectivity index (χ4n) is 5.11. The summed E-state index contributed by atoms with van der Waals surface area (Å²) in [6.45, 7) is 7.84. The molecule has 2 saturated heterocycles. The zero-order valence-electron chi connectivity index (χ0n) is 22.4. The van der Waals surface area contributed by atoms with Crippen LogP contribution >= 0.6 is 23.7 Å². The molecule has 212 valence electrons. The van der Waals surface area contributed by atoms with E-state index in [0.717, 1.165) is 80.7 Å². The number of ether oxygens (including phenoxy) is 1. The Morgan fingerprint density at radius 1 is 1.00 bits per heavy atom. The molecule has 3 aromatic rings. The first kappa shape index (κ1) is 29.9. The molecule has 0 atom stereocenters. The molecule has 2 aliphatic rings. The Labute approximate surface area is 241 Å². The molecule has 11 heteroatoms. The predicted molar refractivity (Wildman–Crippen MR) is 159 cm³/mol. The largest absolute Gasteiger partial charge is 0.379 e. The molecule has 2 fully saturated rings. The van der Waals surface area contributed by atoms with Crippen molar-refractivity contribution in [2.45, 2.75) is 43.9 Å². The van der Waals surface area contributed by atoms with E-state index in [4.69, 9.17) is 9.72 Å². The van der Waals surface area contributed by atoms with Crippen molar-refractivity contribution in [2.24, 2.45) is 0 Å². The Hall–Kier alpha value is -2.08. The molecule has 0 unspecified atom stereocenters. The molecule has 0 saturated carbocycles. The molecule has 0 spiro atoms. The van der Waals surface area contributed by atoms with Crippen LogP contribution in [0.1, 0.15) is 48.0 Å². The summed E-state index contributed by atoms with van der Waals surface area (Å²) < 4.78 is 34.5. The topological polar surface area (TPSA) is 83.0 Å². The molecule has 1 amide bonds. The highest BCUT2D eigenvalue weighted by atomic mass is 35.5. The van der Waals surface area contributed by atoms with Crippen LogP contribution in [0.4, 0.5) is 5.13 Å². The smallest absolute Gasteiger partial charge is 0.260 e. The lowest BCUT2D eigenvalue weighted by molar-refractivity contribution is 0.0376. The summed E-state index contributed by atoms with van der Waals surface area (Å²) >= 11 is 1.51. The molecule has 0 aliphatic carbocycles. The van der Waals surface area contributed by atoms with Gasteiger partial charge in [0.25, 0.3) is 5.91 Å². The number of sulfonamides is 1. The van der Waals surface area contributed by atoms with Gasteiger partial charge in [-0.1, -0.05) is 36.3 Å². The number of carbonyl (C=O) groups is 1. The molecule has 3 heterocycles. The van der Waals surface area contributed by atoms with Crippen molar-refractivity contribution in [3.8, 4) is 0 Å². The summed E-state index contributed by atoms with van der Waals surface area (Å²) in [5.41, 5.74) is 2.45. The molecule has 0 radical (unpaired) electrons. The highest BCUT2D eigenvalue weighted by Crippen LogP contribution is 2.32. The van der Waals surface area contributed by atoms with Crippen LogP contribution in [0, 0.1) is 6.92 Å². The van der Waals surface area contributed by atoms with Crippen LogP contribution in [-0.2, 0) is 14.8 Å². The SMILES string of the molecule is Cc1cccc2sc(N(CCCN3CCOCC3)C(=O)c3ccc(S(=O)(=O)N4CCCCCC4)cc3)nc12.Cl. The lowest BCUT2D eigenvalue weighted by atomic mass is 10.2. The molecular formula is C28H37ClN4O4S2. The van der Waals surface area contributed by atoms with Gasteiger partial charge in [-0.05, 0) is 62.1 Å². The van der Waals surface area contributed by atoms with Gasteiger partial charge in [-0.3, -0.25) is 14.6 Å². The zero-order valence-corrected chi connectivity index (χ0v) is 24.8. The van der Waals surface area contributed by atoms with Crippen LogP contribution in [0.15, 0.2) is 47.4 Å². The molecule has 0 N–H and O–H groups in total. The van der Waals surface area contributed by atoms with Crippen LogP contribution in [0.5, 0.6) is 0 Å². The van der Waals surface area contributed by atoms with Gasteiger partial charge in [0.05, 0.1) is 28.3 Å². The number of anilines is 1. The van der Waals surface area contributed by atoms with Gasteiger partial charge in [0.1, 0.15) is 0 Å². The minimum absolute atomic E-state index is 0. The third-order valence-electron chi connectivity index (χ3n) is 7.35. The van der Waals surface area contributed by atoms with Crippen molar-refractivity contribution >= 4 is 55.0 Å². The van der Waals surface area contributed by atoms with E-state index in [2.05, 4.69) is 4.90 Å². The van der Waals surface area contributed by atoms with Gasteiger partial charge in [-0.2, -0.15) is 4.31 Å². The number of fused-ring (bicyclic) bond motifs is 1. The summed E-state index contributed by atoms with van der Waals surface area (Å²) in [7, 11) is -3.57. The number of hydrogen-bond donors (Lipinski definition) is 0. The van der Waals surface area contributed by atoms with E-state index >= 15 is 0 Å². The molecule has 1 aromatic heterocycles. The number of morpholine rings is 1. The fourth-order valence-corrected chi connectivity index (χ4v) is 7.69. The number of benzene rings is 2. The van der Waals surface area contributed by atoms with E-state index in [1.807, 2.05) is 25.1 Å². The van der Waals surface area contributed by atoms with E-state index in [0.29, 0.717) is 30.3 Å². The molecular weight excluding hydrogens is 556 g/mol. The fraction of sp³-hybridized carbons (Fsp3) is 0.500. The Bertz CT molecular complexity index is 1350. The van der Waals surface area contributed by atoms with E-state index < -0.39 is 10.0 Å². The highest BCUT2D eigenvalue weighted by Gasteiger charge is 2.27. The van der Waals surface area contributed by atoms with Crippen molar-refractivity contribution in [1.29, 1.82) is 0 Å². The third-order valence-corrected chi connectivity index (χ3v) is 10.3. The van der Waals surface area contributed by atoms with Gasteiger partial charge in [-0.25, -0.2) is 13.4 Å². The molecule has 5 rings (SSSR count). The van der Waals surface area contributed by atoms with Gasteiger partial charge < -0.3 is 4.74 Å². The average Bonchev–Trinajstić information content (AvgIpc) is 3.17. The maximum absolute atomic E-state index is 13.8. The van der Waals surface area contributed by atoms with Crippen molar-refractivity contribution in [2.75, 3.05) is 57.4 Å². The second-order valence-electron chi connectivity index (χ2n) is 10.0. The number of carbonyl (C=O) groups excluding carboxylic acids is 1. The normalized spacial score (nSPS) is 17.5. The molecule has 39 heavy (non-hydrogen) atoms. The van der Waals surface area contributed by atoms with E-state index in [-0.39, 0.29) is 23.2 Å². The number of thiazole rings is 1. The van der Waals surface area contributed by atoms with Crippen LogP contribution in [0.3, 0.4) is 0 Å². The van der Waals surface area contributed by atoms with Crippen molar-refractivity contribution in [3.63, 3.8) is 0 Å². The first-order valence-electron chi connectivity index (χ1n) is 13.5. The van der Waals surface area contributed by atoms with Gasteiger partial charge in [0.15, 0.2) is 5.13 Å². The summed E-state index contributed by atoms with van der Waals surface area (Å²) in [5, 5.41) is 0.669. The number of nitrogens with zero attached hydrogens (tertiary/aromatic N) is 4. The summed E-state index contributed by atoms with van der Waals surface area (Å²) in [6, 6.07) is 12.5. The molecule has 8 nitrogen and oxygen atoms in total. The van der Waals surface area contributed by atoms with Crippen molar-refractivity contribution < 1.29 is 17.9 Å². The second-order valence-corrected chi connectivity index (χ2v) is 13.0. The second kappa shape index (κ2) is 13.5. The van der Waals surface area contributed by atoms with Gasteiger partial charge in [-0.15, -0.1) is 12.4 Å². The lowest BCUT2D eigenvalue weighted by Crippen LogP contribution is -2.39. The Morgan fingerprint density at radius 2 is 1.69 bits per heavy atom. The average molecular weight is 593 g/mol. The number of amides is 1. The van der Waals surface area contributed by atoms with Gasteiger partial charge in [0, 0.05) is 44.8 Å². The van der Waals surface area contributed by atoms with Crippen LogP contribution in [-0.4, -0.2) is 81.0 Å². The van der Waals surface area contributed by atoms with E-state index in [9.17, 15) is 13.2 Å². The monoisotopic (exact) mass is 592 g/mol. The minimum Gasteiger partial charge on any atom is -0.379 e. The Morgan fingerprint density at radius 3 is 2.36 bits per heavy atom. The number of aromatic nitrogens is 1. The minimum atomic E-state index is -3.57. The first-order chi connectivity index (χ1) is 18.4. The Balaban J connectivity index is 0.00000353. The van der Waals surface area contributed by atoms with E-state index in [1.165, 1.54) is 11.3 Å². The summed E-state index contributed by atoms with van der Waals surface area (Å²) in [4.78, 5) is 23.0. The molecule has 2 aromatic carbocycles. The van der Waals surface area contributed by atoms with Crippen LogP contribution in [0.2, 0.25) is 0 Å². The van der Waals surface area contributed by atoms with Crippen molar-refractivity contribution in [3.05, 3.63) is 53.6 Å². The summed E-state index contributed by atoms with van der Waals surface area (Å²) in [6.07, 6.45) is 4.70. The molecule has 2 aliphatic heterocycles. The first-order valence-corrected chi connectivity index (χ1v) is 15.8. The highest BCUT2D eigenvalue weighted by molar-refractivity contribution is 7.89. The third kappa shape index (κ3) is 6.99. The van der Waals surface area contributed by atoms with E-state index in [1.54, 1.807) is 33.5 Å². The zero-order chi connectivity index (χ0) is 26.5. The predicted octanol–water partition coefficient (Wildman–Crippen LogP) is 4.96. The number of rotatable bonds is 8. The number of halogens is 1. The number of hydrogen-bond acceptors (Lipinski definition) is 7. The van der Waals surface area contributed by atoms with Crippen LogP contribution in [0.25, 0.3) is 10.2 Å². The summed E-state index contributed by atoms with van der Waals surface area (Å²) in [5.74, 6) is -0.164. The van der Waals surface area contributed by atoms with Gasteiger partial charge >= 0.3 is 0 Å². The standard InChI is InChI=1S/C28H36N4O4S2.ClH/c1-22-8-6-9-25-26(22)29-28(37-25)32(17-7-14-30-18-20-36-21-19-30)27(33)23-10-12-24(13-11-23)38(34,35)31-15-4-2-3-5-16-31;/h6,8-13H,2-5,7,14-21H2,1H3;1H. The Kier molecular flexibility index (Phi) is 10.4. The van der Waals surface area contributed by atoms with Crippen molar-refractivity contribution in [1.82, 2.24) is 14.2 Å².